The van der Waals surface area contributed by atoms with E-state index in [9.17, 15) is 14.2 Å². The fourth-order valence-corrected chi connectivity index (χ4v) is 3.62. The number of rotatable bonds is 19. The van der Waals surface area contributed by atoms with Crippen LogP contribution in [0.25, 0.3) is 0 Å². The van der Waals surface area contributed by atoms with Crippen LogP contribution in [0.1, 0.15) is 26.7 Å². The summed E-state index contributed by atoms with van der Waals surface area (Å²) in [5.74, 6) is 0. The van der Waals surface area contributed by atoms with E-state index in [1.807, 2.05) is 0 Å². The van der Waals surface area contributed by atoms with Crippen molar-refractivity contribution in [1.82, 2.24) is 0 Å². The molecule has 0 aromatic rings. The number of unbranched alkanes of at least 4 members (excludes halogenated alkanes) is 1. The zero-order valence-corrected chi connectivity index (χ0v) is 18.8. The number of hydrogen-bond acceptors (Lipinski definition) is 10. The largest absolute Gasteiger partial charge is 0.508 e. The van der Waals surface area contributed by atoms with Crippen LogP contribution in [0.15, 0.2) is 0 Å². The van der Waals surface area contributed by atoms with Crippen molar-refractivity contribution in [3.8, 4) is 0 Å². The first-order chi connectivity index (χ1) is 13.3. The van der Waals surface area contributed by atoms with Crippen LogP contribution >= 0.6 is 16.1 Å². The Bertz CT molecular complexity index is 424. The van der Waals surface area contributed by atoms with Crippen LogP contribution in [0.3, 0.4) is 0 Å². The van der Waals surface area contributed by atoms with Crippen molar-refractivity contribution in [3.05, 3.63) is 0 Å². The van der Waals surface area contributed by atoms with Gasteiger partial charge < -0.3 is 29.2 Å². The van der Waals surface area contributed by atoms with Crippen LogP contribution in [0, 0.1) is 0 Å². The molecule has 0 fully saturated rings. The van der Waals surface area contributed by atoms with Crippen molar-refractivity contribution < 1.29 is 47.3 Å². The second-order valence-electron chi connectivity index (χ2n) is 6.09. The van der Waals surface area contributed by atoms with Crippen LogP contribution in [0.4, 0.5) is 0 Å². The Balaban J connectivity index is 3.75. The molecular formula is C16H34O10P2+2. The van der Waals surface area contributed by atoms with Crippen LogP contribution in [0.2, 0.25) is 0 Å². The first kappa shape index (κ1) is 27.9. The van der Waals surface area contributed by atoms with E-state index in [1.54, 1.807) is 13.8 Å². The minimum absolute atomic E-state index is 0.0378. The Morgan fingerprint density at radius 2 is 1.36 bits per heavy atom. The molecule has 28 heavy (non-hydrogen) atoms. The maximum Gasteiger partial charge on any atom is 0.508 e. The van der Waals surface area contributed by atoms with Crippen LogP contribution < -0.4 is 0 Å². The third kappa shape index (κ3) is 16.8. The van der Waals surface area contributed by atoms with Crippen LogP contribution in [0.5, 0.6) is 0 Å². The fraction of sp³-hybridized carbons (Fsp3) is 1.00. The molecule has 0 bridgehead atoms. The monoisotopic (exact) mass is 448 g/mol. The third-order valence-corrected chi connectivity index (χ3v) is 5.56. The average Bonchev–Trinajstić information content (AvgIpc) is 2.67. The highest BCUT2D eigenvalue weighted by molar-refractivity contribution is 7.39. The van der Waals surface area contributed by atoms with E-state index >= 15 is 0 Å². The SMILES string of the molecule is COC(O)COC(CO[P+](=O)CCCC[P+](=O)OCC(C)OCC(C)O)OC. The van der Waals surface area contributed by atoms with E-state index in [0.717, 1.165) is 0 Å². The predicted octanol–water partition coefficient (Wildman–Crippen LogP) is 2.02. The molecule has 0 saturated carbocycles. The van der Waals surface area contributed by atoms with E-state index in [4.69, 9.17) is 28.4 Å². The van der Waals surface area contributed by atoms with Gasteiger partial charge in [-0.3, -0.25) is 0 Å². The van der Waals surface area contributed by atoms with E-state index in [-0.39, 0.29) is 32.5 Å². The van der Waals surface area contributed by atoms with Gasteiger partial charge in [0.1, 0.15) is 13.2 Å². The molecule has 0 heterocycles. The summed E-state index contributed by atoms with van der Waals surface area (Å²) in [6.45, 7) is 3.66. The molecule has 166 valence electrons. The van der Waals surface area contributed by atoms with Gasteiger partial charge in [0, 0.05) is 14.2 Å². The molecule has 0 aromatic carbocycles. The van der Waals surface area contributed by atoms with Gasteiger partial charge in [-0.25, -0.2) is 0 Å². The quantitative estimate of drug-likeness (QED) is 0.172. The second-order valence-corrected chi connectivity index (χ2v) is 8.84. The van der Waals surface area contributed by atoms with Crippen molar-refractivity contribution in [1.29, 1.82) is 0 Å². The molecule has 0 aliphatic rings. The van der Waals surface area contributed by atoms with Gasteiger partial charge in [-0.05, 0) is 35.8 Å². The first-order valence-corrected chi connectivity index (χ1v) is 11.8. The van der Waals surface area contributed by atoms with Crippen LogP contribution in [-0.4, -0.2) is 88.0 Å². The summed E-state index contributed by atoms with van der Waals surface area (Å²) in [5, 5.41) is 18.4. The number of aliphatic hydroxyl groups excluding tert-OH is 2. The fourth-order valence-electron chi connectivity index (χ4n) is 1.74. The molecule has 0 aromatic heterocycles. The highest BCUT2D eigenvalue weighted by Crippen LogP contribution is 2.28. The van der Waals surface area contributed by atoms with Crippen molar-refractivity contribution in [3.63, 3.8) is 0 Å². The maximum absolute atomic E-state index is 11.8. The molecule has 0 rings (SSSR count). The van der Waals surface area contributed by atoms with Gasteiger partial charge >= 0.3 is 16.1 Å². The topological polar surface area (TPSA) is 130 Å². The van der Waals surface area contributed by atoms with Crippen molar-refractivity contribution in [2.45, 2.75) is 51.5 Å². The Morgan fingerprint density at radius 3 is 1.86 bits per heavy atom. The molecule has 0 radical (unpaired) electrons. The van der Waals surface area contributed by atoms with E-state index in [1.165, 1.54) is 14.2 Å². The van der Waals surface area contributed by atoms with Gasteiger partial charge in [-0.1, -0.05) is 0 Å². The Kier molecular flexibility index (Phi) is 17.6. The van der Waals surface area contributed by atoms with Crippen molar-refractivity contribution >= 4 is 16.1 Å². The van der Waals surface area contributed by atoms with E-state index in [2.05, 4.69) is 4.74 Å². The van der Waals surface area contributed by atoms with Crippen molar-refractivity contribution in [2.75, 3.05) is 53.0 Å². The van der Waals surface area contributed by atoms with Gasteiger partial charge in [0.25, 0.3) is 0 Å². The molecule has 0 spiro atoms. The number of hydrogen-bond donors (Lipinski definition) is 2. The number of aliphatic hydroxyl groups is 2. The van der Waals surface area contributed by atoms with Gasteiger partial charge in [0.2, 0.25) is 0 Å². The summed E-state index contributed by atoms with van der Waals surface area (Å²) in [6.07, 6.45) is -0.779. The molecule has 0 aliphatic heterocycles. The number of methoxy groups -OCH3 is 2. The highest BCUT2D eigenvalue weighted by Gasteiger charge is 2.24. The highest BCUT2D eigenvalue weighted by atomic mass is 31.1. The van der Waals surface area contributed by atoms with Crippen molar-refractivity contribution in [2.24, 2.45) is 0 Å². The standard InChI is InChI=1S/C16H34O10P2/c1-13(17)9-23-14(2)10-25-27(19)7-5-6-8-28(20)26-12-16(22-4)24-11-15(18)21-3/h13-18H,5-12H2,1-4H3/q+2. The molecule has 0 aliphatic carbocycles. The summed E-state index contributed by atoms with van der Waals surface area (Å²) in [5.41, 5.74) is 0. The third-order valence-electron chi connectivity index (χ3n) is 3.32. The summed E-state index contributed by atoms with van der Waals surface area (Å²) < 4.78 is 54.2. The average molecular weight is 448 g/mol. The summed E-state index contributed by atoms with van der Waals surface area (Å²) in [7, 11) is -0.948. The number of ether oxygens (including phenoxy) is 4. The summed E-state index contributed by atoms with van der Waals surface area (Å²) >= 11 is 0. The molecule has 10 nitrogen and oxygen atoms in total. The van der Waals surface area contributed by atoms with Gasteiger partial charge in [0.15, 0.2) is 31.5 Å². The smallest absolute Gasteiger partial charge is 0.391 e. The zero-order valence-electron chi connectivity index (χ0n) is 17.0. The van der Waals surface area contributed by atoms with E-state index in [0.29, 0.717) is 25.2 Å². The van der Waals surface area contributed by atoms with Crippen LogP contribution in [-0.2, 0) is 37.1 Å². The lowest BCUT2D eigenvalue weighted by Crippen LogP contribution is -2.27. The molecule has 6 unspecified atom stereocenters. The first-order valence-electron chi connectivity index (χ1n) is 9.08. The maximum atomic E-state index is 11.8. The van der Waals surface area contributed by atoms with E-state index < -0.39 is 34.7 Å². The zero-order chi connectivity index (χ0) is 21.4. The molecule has 0 amide bonds. The lowest BCUT2D eigenvalue weighted by molar-refractivity contribution is -0.194. The lowest BCUT2D eigenvalue weighted by atomic mass is 10.4. The molecule has 12 heteroatoms. The van der Waals surface area contributed by atoms with Gasteiger partial charge in [-0.15, -0.1) is 9.05 Å². The Hall–Kier alpha value is -0.120. The minimum Gasteiger partial charge on any atom is -0.391 e. The predicted molar refractivity (Wildman–Crippen MR) is 103 cm³/mol. The molecule has 6 atom stereocenters. The van der Waals surface area contributed by atoms with Gasteiger partial charge in [0.05, 0.1) is 18.8 Å². The Labute approximate surface area is 168 Å². The summed E-state index contributed by atoms with van der Waals surface area (Å²) in [4.78, 5) is 0. The molecule has 2 N–H and O–H groups in total. The second kappa shape index (κ2) is 17.7. The Morgan fingerprint density at radius 1 is 0.786 bits per heavy atom. The molecule has 0 saturated heterocycles. The lowest BCUT2D eigenvalue weighted by Gasteiger charge is -2.15. The molecular weight excluding hydrogens is 414 g/mol. The van der Waals surface area contributed by atoms with Gasteiger partial charge in [-0.2, -0.15) is 0 Å². The summed E-state index contributed by atoms with van der Waals surface area (Å²) in [6, 6.07) is 0. The normalized spacial score (nSPS) is 17.1. The minimum atomic E-state index is -1.89.